The number of rotatable bonds is 18. The van der Waals surface area contributed by atoms with Gasteiger partial charge in [-0.25, -0.2) is 4.79 Å². The van der Waals surface area contributed by atoms with Crippen LogP contribution in [0, 0.1) is 10.1 Å². The fourth-order valence-electron chi connectivity index (χ4n) is 2.65. The largest absolute Gasteiger partial charge is 0.480 e. The van der Waals surface area contributed by atoms with E-state index in [1.54, 1.807) is 6.92 Å². The average molecular weight is 572 g/mol. The van der Waals surface area contributed by atoms with Crippen molar-refractivity contribution in [1.82, 2.24) is 10.6 Å². The van der Waals surface area contributed by atoms with Crippen LogP contribution >= 0.6 is 11.8 Å². The molecule has 1 aromatic carbocycles. The molecule has 17 heteroatoms. The van der Waals surface area contributed by atoms with Gasteiger partial charge in [-0.3, -0.25) is 29.3 Å². The van der Waals surface area contributed by atoms with Crippen LogP contribution in [0.25, 0.3) is 0 Å². The van der Waals surface area contributed by atoms with Crippen LogP contribution < -0.4 is 16.4 Å². The number of esters is 1. The van der Waals surface area contributed by atoms with Crippen molar-refractivity contribution in [1.29, 1.82) is 0 Å². The lowest BCUT2D eigenvalue weighted by Crippen LogP contribution is -2.49. The first-order valence-corrected chi connectivity index (χ1v) is 12.5. The monoisotopic (exact) mass is 571 g/mol. The third kappa shape index (κ3) is 13.2. The first kappa shape index (κ1) is 32.8. The Morgan fingerprint density at radius 1 is 1.18 bits per heavy atom. The van der Waals surface area contributed by atoms with Gasteiger partial charge in [0.2, 0.25) is 11.8 Å². The normalized spacial score (nSPS) is 12.5. The molecule has 0 spiro atoms. The highest BCUT2D eigenvalue weighted by atomic mass is 32.2. The molecule has 0 fully saturated rings. The van der Waals surface area contributed by atoms with Gasteiger partial charge >= 0.3 is 17.9 Å². The summed E-state index contributed by atoms with van der Waals surface area (Å²) >= 11 is 0.981. The molecule has 214 valence electrons. The molecule has 16 nitrogen and oxygen atoms in total. The van der Waals surface area contributed by atoms with Crippen LogP contribution in [0.4, 0.5) is 5.69 Å². The number of thioether (sulfide) groups is 1. The lowest BCUT2D eigenvalue weighted by Gasteiger charge is -2.18. The number of carboxylic acids is 2. The highest BCUT2D eigenvalue weighted by molar-refractivity contribution is 8.00. The number of oxime groups is 1. The predicted molar refractivity (Wildman–Crippen MR) is 137 cm³/mol. The van der Waals surface area contributed by atoms with E-state index in [2.05, 4.69) is 15.8 Å². The molecule has 1 rings (SSSR count). The highest BCUT2D eigenvalue weighted by Gasteiger charge is 2.24. The van der Waals surface area contributed by atoms with Crippen LogP contribution in [-0.4, -0.2) is 87.3 Å². The molecule has 2 unspecified atom stereocenters. The van der Waals surface area contributed by atoms with E-state index in [-0.39, 0.29) is 49.0 Å². The number of benzene rings is 1. The van der Waals surface area contributed by atoms with Gasteiger partial charge in [-0.05, 0) is 31.0 Å². The smallest absolute Gasteiger partial charge is 0.356 e. The molecule has 2 atom stereocenters. The summed E-state index contributed by atoms with van der Waals surface area (Å²) in [6.07, 6.45) is -0.490. The number of hydrogen-bond donors (Lipinski definition) is 5. The standard InChI is InChI=1S/C22H29N5O11S/c1-2-37-22(34)17(26-38-10-13-3-5-14(6-4-13)27(35)36)12-39-11-16(20(31)24-9-19(29)30)25-18(28)8-7-15(23)21(32)33/h3-6,15-16H,2,7-12,23H2,1H3,(H,24,31)(H,25,28)(H,29,30)(H,32,33). The Morgan fingerprint density at radius 3 is 2.41 bits per heavy atom. The quantitative estimate of drug-likeness (QED) is 0.0654. The number of nitrogens with two attached hydrogens (primary N) is 1. The first-order valence-electron chi connectivity index (χ1n) is 11.4. The summed E-state index contributed by atoms with van der Waals surface area (Å²) < 4.78 is 4.94. The highest BCUT2D eigenvalue weighted by Crippen LogP contribution is 2.13. The van der Waals surface area contributed by atoms with E-state index in [9.17, 15) is 34.1 Å². The van der Waals surface area contributed by atoms with E-state index in [1.165, 1.54) is 24.3 Å². The van der Waals surface area contributed by atoms with E-state index >= 15 is 0 Å². The van der Waals surface area contributed by atoms with Crippen LogP contribution in [0.3, 0.4) is 0 Å². The van der Waals surface area contributed by atoms with Crippen molar-refractivity contribution in [3.05, 3.63) is 39.9 Å². The molecule has 39 heavy (non-hydrogen) atoms. The number of aliphatic carboxylic acids is 2. The van der Waals surface area contributed by atoms with Gasteiger partial charge in [-0.15, -0.1) is 0 Å². The lowest BCUT2D eigenvalue weighted by molar-refractivity contribution is -0.384. The molecule has 6 N–H and O–H groups in total. The minimum Gasteiger partial charge on any atom is -0.480 e. The van der Waals surface area contributed by atoms with Crippen LogP contribution in [-0.2, 0) is 40.2 Å². The molecule has 0 radical (unpaired) electrons. The van der Waals surface area contributed by atoms with Crippen LogP contribution in [0.2, 0.25) is 0 Å². The molecule has 0 aliphatic carbocycles. The molecule has 0 bridgehead atoms. The molecule has 0 saturated heterocycles. The molecule has 2 amide bonds. The van der Waals surface area contributed by atoms with Gasteiger partial charge in [0.1, 0.15) is 25.2 Å². The summed E-state index contributed by atoms with van der Waals surface area (Å²) in [5, 5.41) is 36.7. The van der Waals surface area contributed by atoms with Crippen molar-refractivity contribution >= 4 is 52.9 Å². The first-order chi connectivity index (χ1) is 18.4. The molecular formula is C22H29N5O11S. The third-order valence-corrected chi connectivity index (χ3v) is 5.70. The Hall–Kier alpha value is -4.25. The van der Waals surface area contributed by atoms with E-state index < -0.39 is 53.3 Å². The van der Waals surface area contributed by atoms with Gasteiger partial charge in [-0.2, -0.15) is 11.8 Å². The van der Waals surface area contributed by atoms with E-state index in [4.69, 9.17) is 25.5 Å². The number of carboxylic acid groups (broad SMARTS) is 2. The van der Waals surface area contributed by atoms with Gasteiger partial charge in [0, 0.05) is 30.1 Å². The van der Waals surface area contributed by atoms with Crippen molar-refractivity contribution in [2.24, 2.45) is 10.9 Å². The summed E-state index contributed by atoms with van der Waals surface area (Å²) in [6.45, 7) is 0.806. The number of nitro groups is 1. The lowest BCUT2D eigenvalue weighted by atomic mass is 10.1. The predicted octanol–water partition coefficient (Wildman–Crippen LogP) is -0.359. The third-order valence-electron chi connectivity index (χ3n) is 4.65. The molecule has 0 aliphatic rings. The molecule has 0 saturated carbocycles. The molecule has 1 aromatic rings. The van der Waals surface area contributed by atoms with Crippen molar-refractivity contribution in [3.63, 3.8) is 0 Å². The summed E-state index contributed by atoms with van der Waals surface area (Å²) in [5.74, 6) is -5.15. The second-order valence-corrected chi connectivity index (χ2v) is 8.72. The van der Waals surface area contributed by atoms with Crippen LogP contribution in [0.5, 0.6) is 0 Å². The topological polar surface area (TPSA) is 250 Å². The minimum absolute atomic E-state index is 0.0413. The SMILES string of the molecule is CCOC(=O)C(CSCC(NC(=O)CCC(N)C(=O)O)C(=O)NCC(=O)O)=NOCc1ccc([N+](=O)[O-])cc1. The number of non-ortho nitro benzene ring substituents is 1. The zero-order valence-corrected chi connectivity index (χ0v) is 21.7. The second-order valence-electron chi connectivity index (χ2n) is 7.69. The van der Waals surface area contributed by atoms with Crippen LogP contribution in [0.15, 0.2) is 29.4 Å². The Balaban J connectivity index is 2.83. The maximum Gasteiger partial charge on any atom is 0.356 e. The Kier molecular flexibility index (Phi) is 14.5. The van der Waals surface area contributed by atoms with E-state index in [0.29, 0.717) is 5.56 Å². The van der Waals surface area contributed by atoms with Gasteiger partial charge in [0.25, 0.3) is 5.69 Å². The zero-order valence-electron chi connectivity index (χ0n) is 20.9. The second kappa shape index (κ2) is 17.3. The van der Waals surface area contributed by atoms with Crippen molar-refractivity contribution in [2.75, 3.05) is 24.7 Å². The fraction of sp³-hybridized carbons (Fsp3) is 0.455. The number of carbonyl (C=O) groups excluding carboxylic acids is 3. The molecule has 0 aliphatic heterocycles. The Morgan fingerprint density at radius 2 is 1.85 bits per heavy atom. The Labute approximate surface area is 226 Å². The number of hydrogen-bond acceptors (Lipinski definition) is 12. The molecule has 0 aromatic heterocycles. The molecular weight excluding hydrogens is 542 g/mol. The number of nitro benzene ring substituents is 1. The summed E-state index contributed by atoms with van der Waals surface area (Å²) in [7, 11) is 0. The fourth-order valence-corrected chi connectivity index (χ4v) is 3.61. The van der Waals surface area contributed by atoms with Crippen LogP contribution in [0.1, 0.15) is 25.3 Å². The average Bonchev–Trinajstić information content (AvgIpc) is 2.88. The summed E-state index contributed by atoms with van der Waals surface area (Å²) in [4.78, 5) is 73.9. The molecule has 0 heterocycles. The van der Waals surface area contributed by atoms with Gasteiger partial charge in [0.05, 0.1) is 11.5 Å². The minimum atomic E-state index is -1.31. The van der Waals surface area contributed by atoms with Gasteiger partial charge < -0.3 is 36.2 Å². The van der Waals surface area contributed by atoms with Crippen molar-refractivity contribution in [3.8, 4) is 0 Å². The van der Waals surface area contributed by atoms with E-state index in [0.717, 1.165) is 11.8 Å². The number of nitrogens with zero attached hydrogens (tertiary/aromatic N) is 2. The van der Waals surface area contributed by atoms with Crippen molar-refractivity contribution < 1.29 is 48.7 Å². The number of carbonyl (C=O) groups is 5. The van der Waals surface area contributed by atoms with Gasteiger partial charge in [-0.1, -0.05) is 5.16 Å². The van der Waals surface area contributed by atoms with Crippen molar-refractivity contribution in [2.45, 2.75) is 38.5 Å². The van der Waals surface area contributed by atoms with Gasteiger partial charge in [0.15, 0.2) is 5.71 Å². The maximum atomic E-state index is 12.4. The maximum absolute atomic E-state index is 12.4. The summed E-state index contributed by atoms with van der Waals surface area (Å²) in [5.41, 5.74) is 5.65. The number of amides is 2. The summed E-state index contributed by atoms with van der Waals surface area (Å²) in [6, 6.07) is 2.97. The van der Waals surface area contributed by atoms with E-state index in [1.807, 2.05) is 0 Å². The Bertz CT molecular complexity index is 1060. The number of nitrogens with one attached hydrogen (secondary N) is 2. The zero-order chi connectivity index (χ0) is 29.4. The number of ether oxygens (including phenoxy) is 1.